The van der Waals surface area contributed by atoms with Gasteiger partial charge in [0.2, 0.25) is 5.91 Å². The third-order valence-electron chi connectivity index (χ3n) is 1.69. The highest BCUT2D eigenvalue weighted by atomic mass is 16.3. The number of hydrogen-bond acceptors (Lipinski definition) is 2. The lowest BCUT2D eigenvalue weighted by Crippen LogP contribution is -2.19. The number of amides is 1. The van der Waals surface area contributed by atoms with Crippen LogP contribution in [-0.4, -0.2) is 23.7 Å². The average molecular weight is 129 g/mol. The Bertz CT molecular complexity index is 122. The van der Waals surface area contributed by atoms with Crippen molar-refractivity contribution in [3.63, 3.8) is 0 Å². The molecule has 52 valence electrons. The van der Waals surface area contributed by atoms with E-state index in [1.54, 1.807) is 6.92 Å². The van der Waals surface area contributed by atoms with Crippen molar-refractivity contribution in [3.05, 3.63) is 0 Å². The highest BCUT2D eigenvalue weighted by molar-refractivity contribution is 5.78. The molecule has 1 fully saturated rings. The van der Waals surface area contributed by atoms with Crippen LogP contribution < -0.4 is 5.32 Å². The normalized spacial score (nSPS) is 30.0. The summed E-state index contributed by atoms with van der Waals surface area (Å²) in [5.74, 6) is 0.193. The van der Waals surface area contributed by atoms with Gasteiger partial charge in [0.05, 0.1) is 6.10 Å². The van der Waals surface area contributed by atoms with Gasteiger partial charge in [-0.15, -0.1) is 0 Å². The molecule has 0 bridgehead atoms. The van der Waals surface area contributed by atoms with Crippen LogP contribution in [0, 0.1) is 5.92 Å². The zero-order valence-electron chi connectivity index (χ0n) is 5.42. The number of hydrogen-bond donors (Lipinski definition) is 2. The van der Waals surface area contributed by atoms with E-state index >= 15 is 0 Å². The van der Waals surface area contributed by atoms with Crippen LogP contribution in [0.4, 0.5) is 0 Å². The molecule has 0 aromatic rings. The minimum absolute atomic E-state index is 0.0564. The van der Waals surface area contributed by atoms with Gasteiger partial charge in [-0.1, -0.05) is 0 Å². The van der Waals surface area contributed by atoms with Gasteiger partial charge in [-0.05, 0) is 6.92 Å². The smallest absolute Gasteiger partial charge is 0.220 e. The first-order valence-electron chi connectivity index (χ1n) is 3.15. The Kier molecular flexibility index (Phi) is 1.71. The van der Waals surface area contributed by atoms with E-state index in [-0.39, 0.29) is 17.9 Å². The molecule has 0 spiro atoms. The highest BCUT2D eigenvalue weighted by Crippen LogP contribution is 2.12. The van der Waals surface area contributed by atoms with Gasteiger partial charge in [0.25, 0.3) is 0 Å². The predicted molar refractivity (Wildman–Crippen MR) is 32.8 cm³/mol. The quantitative estimate of drug-likeness (QED) is 0.501. The van der Waals surface area contributed by atoms with Gasteiger partial charge in [-0.2, -0.15) is 0 Å². The number of carbonyl (C=O) groups is 1. The van der Waals surface area contributed by atoms with Crippen molar-refractivity contribution in [2.75, 3.05) is 6.54 Å². The molecule has 2 atom stereocenters. The van der Waals surface area contributed by atoms with E-state index in [0.717, 1.165) is 0 Å². The Morgan fingerprint density at radius 2 is 2.56 bits per heavy atom. The maximum Gasteiger partial charge on any atom is 0.220 e. The zero-order valence-corrected chi connectivity index (χ0v) is 5.42. The summed E-state index contributed by atoms with van der Waals surface area (Å²) < 4.78 is 0. The van der Waals surface area contributed by atoms with Crippen molar-refractivity contribution in [1.82, 2.24) is 5.32 Å². The summed E-state index contributed by atoms with van der Waals surface area (Å²) in [5, 5.41) is 11.6. The Balaban J connectivity index is 2.39. The predicted octanol–water partition coefficient (Wildman–Crippen LogP) is -0.497. The standard InChI is InChI=1S/C6H11NO2/c1-4(8)5-2-6(9)7-3-5/h4-5,8H,2-3H2,1H3,(H,7,9). The van der Waals surface area contributed by atoms with Crippen molar-refractivity contribution in [2.24, 2.45) is 5.92 Å². The number of rotatable bonds is 1. The highest BCUT2D eigenvalue weighted by Gasteiger charge is 2.24. The number of aliphatic hydroxyl groups is 1. The lowest BCUT2D eigenvalue weighted by molar-refractivity contribution is -0.119. The number of carbonyl (C=O) groups excluding carboxylic acids is 1. The van der Waals surface area contributed by atoms with Crippen molar-refractivity contribution < 1.29 is 9.90 Å². The topological polar surface area (TPSA) is 49.3 Å². The van der Waals surface area contributed by atoms with Crippen molar-refractivity contribution in [1.29, 1.82) is 0 Å². The third-order valence-corrected chi connectivity index (χ3v) is 1.69. The summed E-state index contributed by atoms with van der Waals surface area (Å²) in [5.41, 5.74) is 0. The molecule has 1 saturated heterocycles. The monoisotopic (exact) mass is 129 g/mol. The van der Waals surface area contributed by atoms with Gasteiger partial charge < -0.3 is 10.4 Å². The minimum atomic E-state index is -0.357. The van der Waals surface area contributed by atoms with E-state index in [4.69, 9.17) is 5.11 Å². The van der Waals surface area contributed by atoms with E-state index in [2.05, 4.69) is 5.32 Å². The molecule has 0 aromatic carbocycles. The molecule has 2 N–H and O–H groups in total. The lowest BCUT2D eigenvalue weighted by atomic mass is 10.0. The Labute approximate surface area is 54.1 Å². The maximum atomic E-state index is 10.5. The fraction of sp³-hybridized carbons (Fsp3) is 0.833. The average Bonchev–Trinajstić information content (AvgIpc) is 2.14. The van der Waals surface area contributed by atoms with E-state index < -0.39 is 0 Å². The van der Waals surface area contributed by atoms with Gasteiger partial charge in [0.1, 0.15) is 0 Å². The van der Waals surface area contributed by atoms with Crippen molar-refractivity contribution >= 4 is 5.91 Å². The van der Waals surface area contributed by atoms with Gasteiger partial charge in [0.15, 0.2) is 0 Å². The Hall–Kier alpha value is -0.570. The number of aliphatic hydroxyl groups excluding tert-OH is 1. The molecule has 0 saturated carbocycles. The first-order valence-corrected chi connectivity index (χ1v) is 3.15. The second-order valence-corrected chi connectivity index (χ2v) is 2.51. The second kappa shape index (κ2) is 2.35. The molecule has 0 aromatic heterocycles. The van der Waals surface area contributed by atoms with Crippen LogP contribution in [0.3, 0.4) is 0 Å². The van der Waals surface area contributed by atoms with Crippen LogP contribution in [-0.2, 0) is 4.79 Å². The molecule has 0 aliphatic carbocycles. The van der Waals surface area contributed by atoms with Crippen molar-refractivity contribution in [3.8, 4) is 0 Å². The summed E-state index contributed by atoms with van der Waals surface area (Å²) in [6, 6.07) is 0. The molecular formula is C6H11NO2. The van der Waals surface area contributed by atoms with Crippen LogP contribution in [0.25, 0.3) is 0 Å². The maximum absolute atomic E-state index is 10.5. The van der Waals surface area contributed by atoms with E-state index in [1.165, 1.54) is 0 Å². The summed E-state index contributed by atoms with van der Waals surface area (Å²) in [4.78, 5) is 10.5. The summed E-state index contributed by atoms with van der Waals surface area (Å²) in [7, 11) is 0. The minimum Gasteiger partial charge on any atom is -0.393 e. The number of nitrogens with one attached hydrogen (secondary N) is 1. The molecule has 1 amide bonds. The van der Waals surface area contributed by atoms with Gasteiger partial charge >= 0.3 is 0 Å². The summed E-state index contributed by atoms with van der Waals surface area (Å²) in [6.45, 7) is 2.35. The molecule has 3 nitrogen and oxygen atoms in total. The SMILES string of the molecule is CC(O)C1CNC(=O)C1. The van der Waals surface area contributed by atoms with Gasteiger partial charge in [0, 0.05) is 18.9 Å². The third kappa shape index (κ3) is 1.42. The van der Waals surface area contributed by atoms with Crippen LogP contribution >= 0.6 is 0 Å². The molecule has 1 aliphatic heterocycles. The molecule has 0 radical (unpaired) electrons. The summed E-state index contributed by atoms with van der Waals surface area (Å²) in [6.07, 6.45) is 0.126. The first-order chi connectivity index (χ1) is 4.20. The Morgan fingerprint density at radius 1 is 1.89 bits per heavy atom. The van der Waals surface area contributed by atoms with Crippen LogP contribution in [0.2, 0.25) is 0 Å². The fourth-order valence-electron chi connectivity index (χ4n) is 0.969. The fourth-order valence-corrected chi connectivity index (χ4v) is 0.969. The summed E-state index contributed by atoms with van der Waals surface area (Å²) >= 11 is 0. The first kappa shape index (κ1) is 6.55. The van der Waals surface area contributed by atoms with Crippen LogP contribution in [0.5, 0.6) is 0 Å². The van der Waals surface area contributed by atoms with Gasteiger partial charge in [-0.3, -0.25) is 4.79 Å². The molecule has 1 aliphatic rings. The molecule has 3 heteroatoms. The van der Waals surface area contributed by atoms with E-state index in [1.807, 2.05) is 0 Å². The van der Waals surface area contributed by atoms with E-state index in [9.17, 15) is 4.79 Å². The van der Waals surface area contributed by atoms with Crippen LogP contribution in [0.1, 0.15) is 13.3 Å². The van der Waals surface area contributed by atoms with Gasteiger partial charge in [-0.25, -0.2) is 0 Å². The van der Waals surface area contributed by atoms with Crippen molar-refractivity contribution in [2.45, 2.75) is 19.4 Å². The molecule has 9 heavy (non-hydrogen) atoms. The van der Waals surface area contributed by atoms with E-state index in [0.29, 0.717) is 13.0 Å². The molecular weight excluding hydrogens is 118 g/mol. The molecule has 2 unspecified atom stereocenters. The zero-order chi connectivity index (χ0) is 6.85. The second-order valence-electron chi connectivity index (χ2n) is 2.51. The molecule has 1 heterocycles. The lowest BCUT2D eigenvalue weighted by Gasteiger charge is -2.08. The Morgan fingerprint density at radius 3 is 2.78 bits per heavy atom. The van der Waals surface area contributed by atoms with Crippen LogP contribution in [0.15, 0.2) is 0 Å². The molecule has 1 rings (SSSR count). The largest absolute Gasteiger partial charge is 0.393 e.